The Kier molecular flexibility index (Phi) is 5.60. The maximum atomic E-state index is 4.58. The highest BCUT2D eigenvalue weighted by molar-refractivity contribution is 9.10. The number of rotatable bonds is 7. The molecule has 1 aromatic heterocycles. The average Bonchev–Trinajstić information content (AvgIpc) is 2.80. The summed E-state index contributed by atoms with van der Waals surface area (Å²) in [6.07, 6.45) is 1.15. The van der Waals surface area contributed by atoms with E-state index in [1.165, 1.54) is 4.70 Å². The predicted molar refractivity (Wildman–Crippen MR) is 88.2 cm³/mol. The minimum absolute atomic E-state index is 0.984. The number of nitrogens with zero attached hydrogens (tertiary/aromatic N) is 2. The summed E-state index contributed by atoms with van der Waals surface area (Å²) in [5.41, 5.74) is 1.07. The fourth-order valence-corrected chi connectivity index (χ4v) is 3.46. The summed E-state index contributed by atoms with van der Waals surface area (Å²) < 4.78 is 2.33. The van der Waals surface area contributed by atoms with Crippen molar-refractivity contribution in [3.8, 4) is 0 Å². The second kappa shape index (κ2) is 7.22. The van der Waals surface area contributed by atoms with Crippen LogP contribution < -0.4 is 5.32 Å². The molecule has 0 radical (unpaired) electrons. The summed E-state index contributed by atoms with van der Waals surface area (Å²) in [5, 5.41) is 4.44. The predicted octanol–water partition coefficient (Wildman–Crippen LogP) is 4.20. The first-order chi connectivity index (χ1) is 9.22. The summed E-state index contributed by atoms with van der Waals surface area (Å²) in [6, 6.07) is 6.21. The average molecular weight is 342 g/mol. The van der Waals surface area contributed by atoms with Crippen LogP contribution in [-0.4, -0.2) is 36.1 Å². The molecule has 19 heavy (non-hydrogen) atoms. The Morgan fingerprint density at radius 3 is 2.84 bits per heavy atom. The highest BCUT2D eigenvalue weighted by Gasteiger charge is 2.04. The van der Waals surface area contributed by atoms with Gasteiger partial charge in [-0.05, 0) is 44.3 Å². The molecular weight excluding hydrogens is 322 g/mol. The smallest absolute Gasteiger partial charge is 0.183 e. The molecule has 0 fully saturated rings. The molecule has 104 valence electrons. The lowest BCUT2D eigenvalue weighted by Crippen LogP contribution is -2.25. The van der Waals surface area contributed by atoms with E-state index in [1.54, 1.807) is 11.3 Å². The first kappa shape index (κ1) is 14.8. The number of halogens is 1. The van der Waals surface area contributed by atoms with Crippen molar-refractivity contribution >= 4 is 42.6 Å². The Balaban J connectivity index is 1.84. The number of aromatic nitrogens is 1. The van der Waals surface area contributed by atoms with Gasteiger partial charge in [0.05, 0.1) is 10.2 Å². The zero-order valence-electron chi connectivity index (χ0n) is 11.4. The number of fused-ring (bicyclic) bond motifs is 1. The summed E-state index contributed by atoms with van der Waals surface area (Å²) in [5.74, 6) is 0. The van der Waals surface area contributed by atoms with Crippen molar-refractivity contribution in [2.45, 2.75) is 20.3 Å². The normalized spacial score (nSPS) is 11.4. The van der Waals surface area contributed by atoms with Gasteiger partial charge in [-0.2, -0.15) is 0 Å². The van der Waals surface area contributed by atoms with Gasteiger partial charge < -0.3 is 10.2 Å². The summed E-state index contributed by atoms with van der Waals surface area (Å²) in [7, 11) is 0. The van der Waals surface area contributed by atoms with Crippen LogP contribution in [0.5, 0.6) is 0 Å². The third-order valence-corrected chi connectivity index (χ3v) is 4.64. The van der Waals surface area contributed by atoms with Gasteiger partial charge in [0.15, 0.2) is 5.13 Å². The van der Waals surface area contributed by atoms with Crippen LogP contribution in [0.3, 0.4) is 0 Å². The second-order valence-electron chi connectivity index (χ2n) is 4.44. The Bertz CT molecular complexity index is 522. The number of anilines is 1. The Labute approximate surface area is 127 Å². The Morgan fingerprint density at radius 1 is 1.32 bits per heavy atom. The van der Waals surface area contributed by atoms with Crippen LogP contribution in [0, 0.1) is 0 Å². The van der Waals surface area contributed by atoms with Crippen molar-refractivity contribution in [2.24, 2.45) is 0 Å². The molecule has 0 aliphatic rings. The lowest BCUT2D eigenvalue weighted by atomic mass is 10.3. The van der Waals surface area contributed by atoms with Crippen LogP contribution in [0.15, 0.2) is 22.7 Å². The van der Waals surface area contributed by atoms with Gasteiger partial charge >= 0.3 is 0 Å². The van der Waals surface area contributed by atoms with E-state index in [4.69, 9.17) is 0 Å². The van der Waals surface area contributed by atoms with E-state index in [2.05, 4.69) is 57.1 Å². The molecular formula is C14H20BrN3S. The van der Waals surface area contributed by atoms with E-state index >= 15 is 0 Å². The molecule has 0 spiro atoms. The molecule has 0 saturated heterocycles. The van der Waals surface area contributed by atoms with Crippen LogP contribution in [0.4, 0.5) is 5.13 Å². The van der Waals surface area contributed by atoms with Gasteiger partial charge in [0.25, 0.3) is 0 Å². The molecule has 1 heterocycles. The summed E-state index contributed by atoms with van der Waals surface area (Å²) >= 11 is 5.21. The van der Waals surface area contributed by atoms with Gasteiger partial charge in [-0.1, -0.05) is 41.1 Å². The number of nitrogens with one attached hydrogen (secondary N) is 1. The molecule has 0 saturated carbocycles. The molecule has 3 nitrogen and oxygen atoms in total. The standard InChI is InChI=1S/C14H20BrN3S/c1-3-18(4-2)9-5-8-16-14-17-12-7-6-11(15)10-13(12)19-14/h6-7,10H,3-5,8-9H2,1-2H3,(H,16,17). The second-order valence-corrected chi connectivity index (χ2v) is 6.38. The fraction of sp³-hybridized carbons (Fsp3) is 0.500. The first-order valence-corrected chi connectivity index (χ1v) is 8.36. The van der Waals surface area contributed by atoms with Crippen molar-refractivity contribution < 1.29 is 0 Å². The highest BCUT2D eigenvalue weighted by atomic mass is 79.9. The van der Waals surface area contributed by atoms with Gasteiger partial charge in [0.2, 0.25) is 0 Å². The zero-order chi connectivity index (χ0) is 13.7. The van der Waals surface area contributed by atoms with Gasteiger partial charge in [-0.15, -0.1) is 0 Å². The van der Waals surface area contributed by atoms with Crippen LogP contribution in [0.1, 0.15) is 20.3 Å². The molecule has 2 aromatic rings. The van der Waals surface area contributed by atoms with E-state index in [-0.39, 0.29) is 0 Å². The minimum Gasteiger partial charge on any atom is -0.361 e. The fourth-order valence-electron chi connectivity index (χ4n) is 2.01. The van der Waals surface area contributed by atoms with Crippen molar-refractivity contribution in [3.05, 3.63) is 22.7 Å². The lowest BCUT2D eigenvalue weighted by Gasteiger charge is -2.17. The number of thiazole rings is 1. The molecule has 0 aliphatic heterocycles. The largest absolute Gasteiger partial charge is 0.361 e. The molecule has 1 N–H and O–H groups in total. The highest BCUT2D eigenvalue weighted by Crippen LogP contribution is 2.28. The molecule has 1 aromatic carbocycles. The van der Waals surface area contributed by atoms with E-state index in [1.807, 2.05) is 6.07 Å². The van der Waals surface area contributed by atoms with Crippen LogP contribution in [-0.2, 0) is 0 Å². The van der Waals surface area contributed by atoms with E-state index < -0.39 is 0 Å². The van der Waals surface area contributed by atoms with Gasteiger partial charge in [-0.3, -0.25) is 0 Å². The van der Waals surface area contributed by atoms with Crippen molar-refractivity contribution in [1.29, 1.82) is 0 Å². The maximum Gasteiger partial charge on any atom is 0.183 e. The first-order valence-electron chi connectivity index (χ1n) is 6.75. The zero-order valence-corrected chi connectivity index (χ0v) is 13.9. The minimum atomic E-state index is 0.984. The van der Waals surface area contributed by atoms with Crippen molar-refractivity contribution in [3.63, 3.8) is 0 Å². The number of benzene rings is 1. The summed E-state index contributed by atoms with van der Waals surface area (Å²) in [6.45, 7) is 8.82. The monoisotopic (exact) mass is 341 g/mol. The van der Waals surface area contributed by atoms with Gasteiger partial charge in [0, 0.05) is 11.0 Å². The van der Waals surface area contributed by atoms with Crippen LogP contribution >= 0.6 is 27.3 Å². The number of hydrogen-bond acceptors (Lipinski definition) is 4. The molecule has 0 unspecified atom stereocenters. The summed E-state index contributed by atoms with van der Waals surface area (Å²) in [4.78, 5) is 7.03. The molecule has 0 aliphatic carbocycles. The van der Waals surface area contributed by atoms with E-state index in [9.17, 15) is 0 Å². The SMILES string of the molecule is CCN(CC)CCCNc1nc2ccc(Br)cc2s1. The third-order valence-electron chi connectivity index (χ3n) is 3.17. The van der Waals surface area contributed by atoms with Crippen molar-refractivity contribution in [2.75, 3.05) is 31.5 Å². The van der Waals surface area contributed by atoms with Crippen LogP contribution in [0.2, 0.25) is 0 Å². The van der Waals surface area contributed by atoms with Crippen LogP contribution in [0.25, 0.3) is 10.2 Å². The quantitative estimate of drug-likeness (QED) is 0.765. The topological polar surface area (TPSA) is 28.2 Å². The molecule has 5 heteroatoms. The molecule has 2 rings (SSSR count). The maximum absolute atomic E-state index is 4.58. The van der Waals surface area contributed by atoms with Gasteiger partial charge in [-0.25, -0.2) is 4.98 Å². The molecule has 0 amide bonds. The number of hydrogen-bond donors (Lipinski definition) is 1. The van der Waals surface area contributed by atoms with E-state index in [0.717, 1.165) is 47.7 Å². The Hall–Kier alpha value is -0.650. The van der Waals surface area contributed by atoms with Gasteiger partial charge in [0.1, 0.15) is 0 Å². The van der Waals surface area contributed by atoms with Crippen molar-refractivity contribution in [1.82, 2.24) is 9.88 Å². The molecule has 0 bridgehead atoms. The van der Waals surface area contributed by atoms with E-state index in [0.29, 0.717) is 0 Å². The molecule has 0 atom stereocenters. The third kappa shape index (κ3) is 4.16. The Morgan fingerprint density at radius 2 is 2.11 bits per heavy atom. The lowest BCUT2D eigenvalue weighted by molar-refractivity contribution is 0.303.